The smallest absolute Gasteiger partial charge is 0.266 e. The molecule has 0 atom stereocenters. The maximum atomic E-state index is 4.86. The molecule has 6 rings (SSSR count). The third-order valence-corrected chi connectivity index (χ3v) is 7.01. The Morgan fingerprint density at radius 3 is 2.43 bits per heavy atom. The van der Waals surface area contributed by atoms with Crippen molar-refractivity contribution in [2.45, 2.75) is 6.92 Å². The number of benzene rings is 3. The van der Waals surface area contributed by atoms with Gasteiger partial charge in [-0.3, -0.25) is 4.98 Å². The van der Waals surface area contributed by atoms with Crippen LogP contribution in [-0.4, -0.2) is 16.3 Å². The van der Waals surface area contributed by atoms with Gasteiger partial charge in [0.1, 0.15) is 0 Å². The van der Waals surface area contributed by atoms with Crippen LogP contribution in [0.2, 0.25) is 0 Å². The minimum atomic E-state index is 0.0318. The van der Waals surface area contributed by atoms with Gasteiger partial charge in [0.15, 0.2) is 0 Å². The molecule has 0 saturated heterocycles. The number of aryl methyl sites for hydroxylation is 1. The molecule has 0 bridgehead atoms. The fourth-order valence-corrected chi connectivity index (χ4v) is 5.65. The standard InChI is InChI=1S/C32H25BN2/c1-4-13-23(5-2)30-25-17-9-10-20-28(25)35(24-15-7-6-8-16-24)32(30)33-26-18-11-14-22(3)29(26)31-27(33)19-12-21-34-31/h4-21H,1-2H2,3H3/b23-13+. The van der Waals surface area contributed by atoms with Gasteiger partial charge in [0.05, 0.1) is 11.2 Å². The third-order valence-electron chi connectivity index (χ3n) is 7.01. The van der Waals surface area contributed by atoms with Crippen LogP contribution >= 0.6 is 0 Å². The normalized spacial score (nSPS) is 12.5. The summed E-state index contributed by atoms with van der Waals surface area (Å²) in [5, 5.41) is 1.20. The van der Waals surface area contributed by atoms with Crippen LogP contribution in [0.5, 0.6) is 0 Å². The molecule has 2 nitrogen and oxygen atoms in total. The zero-order chi connectivity index (χ0) is 23.9. The quantitative estimate of drug-likeness (QED) is 0.249. The Kier molecular flexibility index (Phi) is 5.11. The van der Waals surface area contributed by atoms with Crippen LogP contribution in [0, 0.1) is 6.92 Å². The van der Waals surface area contributed by atoms with Crippen molar-refractivity contribution in [1.82, 2.24) is 9.55 Å². The van der Waals surface area contributed by atoms with Crippen LogP contribution in [0.15, 0.2) is 123 Å². The summed E-state index contributed by atoms with van der Waals surface area (Å²) in [5.74, 6) is 0. The van der Waals surface area contributed by atoms with Crippen molar-refractivity contribution < 1.29 is 0 Å². The average Bonchev–Trinajstić information content (AvgIpc) is 3.41. The van der Waals surface area contributed by atoms with Gasteiger partial charge in [-0.15, -0.1) is 0 Å². The Bertz CT molecular complexity index is 1640. The molecule has 5 aromatic rings. The third kappa shape index (κ3) is 3.16. The number of hydrogen-bond acceptors (Lipinski definition) is 1. The number of allylic oxidation sites excluding steroid dienone is 4. The Labute approximate surface area is 206 Å². The van der Waals surface area contributed by atoms with E-state index in [1.807, 2.05) is 18.3 Å². The van der Waals surface area contributed by atoms with Gasteiger partial charge in [-0.2, -0.15) is 0 Å². The van der Waals surface area contributed by atoms with E-state index in [9.17, 15) is 0 Å². The van der Waals surface area contributed by atoms with E-state index in [1.54, 1.807) is 0 Å². The van der Waals surface area contributed by atoms with E-state index >= 15 is 0 Å². The summed E-state index contributed by atoms with van der Waals surface area (Å²) < 4.78 is 2.42. The van der Waals surface area contributed by atoms with Crippen LogP contribution in [0.25, 0.3) is 33.4 Å². The molecule has 2 aromatic heterocycles. The Balaban J connectivity index is 1.82. The molecule has 166 valence electrons. The highest BCUT2D eigenvalue weighted by molar-refractivity contribution is 6.99. The van der Waals surface area contributed by atoms with E-state index in [0.717, 1.165) is 17.0 Å². The van der Waals surface area contributed by atoms with Gasteiger partial charge in [-0.25, -0.2) is 0 Å². The van der Waals surface area contributed by atoms with Crippen molar-refractivity contribution in [2.24, 2.45) is 0 Å². The monoisotopic (exact) mass is 448 g/mol. The number of nitrogens with zero attached hydrogens (tertiary/aromatic N) is 2. The molecule has 0 fully saturated rings. The molecule has 0 N–H and O–H groups in total. The molecule has 3 heterocycles. The Hall–Kier alpha value is -4.37. The maximum absolute atomic E-state index is 4.86. The molecule has 0 unspecified atom stereocenters. The lowest BCUT2D eigenvalue weighted by molar-refractivity contribution is 1.16. The van der Waals surface area contributed by atoms with E-state index in [-0.39, 0.29) is 6.71 Å². The summed E-state index contributed by atoms with van der Waals surface area (Å²) in [6.07, 6.45) is 7.75. The van der Waals surface area contributed by atoms with Crippen molar-refractivity contribution in [3.05, 3.63) is 134 Å². The fourth-order valence-electron chi connectivity index (χ4n) is 5.65. The highest BCUT2D eigenvalue weighted by Gasteiger charge is 2.39. The minimum Gasteiger partial charge on any atom is -0.321 e. The molecule has 1 aliphatic rings. The first-order chi connectivity index (χ1) is 17.2. The summed E-state index contributed by atoms with van der Waals surface area (Å²) >= 11 is 0. The lowest BCUT2D eigenvalue weighted by Gasteiger charge is -2.19. The zero-order valence-corrected chi connectivity index (χ0v) is 19.8. The van der Waals surface area contributed by atoms with Crippen molar-refractivity contribution in [3.63, 3.8) is 0 Å². The molecule has 0 radical (unpaired) electrons. The Morgan fingerprint density at radius 2 is 1.63 bits per heavy atom. The number of hydrogen-bond donors (Lipinski definition) is 0. The number of pyridine rings is 1. The largest absolute Gasteiger partial charge is 0.321 e. The second-order valence-corrected chi connectivity index (χ2v) is 8.92. The SMILES string of the molecule is C=C/C=C(\C=C)c1c(B2c3cccnc3-c3c(C)cccc32)n(-c2ccccc2)c2ccccc12. The van der Waals surface area contributed by atoms with Gasteiger partial charge in [0, 0.05) is 28.4 Å². The predicted octanol–water partition coefficient (Wildman–Crippen LogP) is 5.59. The van der Waals surface area contributed by atoms with E-state index in [1.165, 1.54) is 44.1 Å². The second kappa shape index (κ2) is 8.45. The van der Waals surface area contributed by atoms with Gasteiger partial charge < -0.3 is 4.57 Å². The van der Waals surface area contributed by atoms with Crippen molar-refractivity contribution in [2.75, 3.05) is 0 Å². The summed E-state index contributed by atoms with van der Waals surface area (Å²) in [5.41, 5.74) is 11.9. The molecule has 0 spiro atoms. The van der Waals surface area contributed by atoms with Crippen LogP contribution in [0.4, 0.5) is 0 Å². The van der Waals surface area contributed by atoms with Crippen LogP contribution < -0.4 is 16.5 Å². The highest BCUT2D eigenvalue weighted by Crippen LogP contribution is 2.32. The first-order valence-corrected chi connectivity index (χ1v) is 11.9. The summed E-state index contributed by atoms with van der Waals surface area (Å²) in [6, 6.07) is 30.2. The van der Waals surface area contributed by atoms with E-state index in [0.29, 0.717) is 0 Å². The van der Waals surface area contributed by atoms with Crippen molar-refractivity contribution >= 4 is 39.7 Å². The van der Waals surface area contributed by atoms with Gasteiger partial charge in [-0.05, 0) is 53.4 Å². The predicted molar refractivity (Wildman–Crippen MR) is 151 cm³/mol. The summed E-state index contributed by atoms with van der Waals surface area (Å²) in [4.78, 5) is 4.86. The Morgan fingerprint density at radius 1 is 0.857 bits per heavy atom. The molecule has 35 heavy (non-hydrogen) atoms. The number of fused-ring (bicyclic) bond motifs is 4. The van der Waals surface area contributed by atoms with Crippen molar-refractivity contribution in [3.8, 4) is 16.9 Å². The van der Waals surface area contributed by atoms with Gasteiger partial charge in [0.25, 0.3) is 6.71 Å². The molecular formula is C32H25BN2. The molecule has 0 aliphatic carbocycles. The first-order valence-electron chi connectivity index (χ1n) is 11.9. The lowest BCUT2D eigenvalue weighted by Crippen LogP contribution is -2.53. The highest BCUT2D eigenvalue weighted by atomic mass is 15.0. The molecule has 3 aromatic carbocycles. The van der Waals surface area contributed by atoms with Gasteiger partial charge >= 0.3 is 0 Å². The summed E-state index contributed by atoms with van der Waals surface area (Å²) in [7, 11) is 0. The van der Waals surface area contributed by atoms with Crippen molar-refractivity contribution in [1.29, 1.82) is 0 Å². The molecule has 3 heteroatoms. The molecular weight excluding hydrogens is 423 g/mol. The van der Waals surface area contributed by atoms with E-state index in [4.69, 9.17) is 4.98 Å². The lowest BCUT2D eigenvalue weighted by atomic mass is 9.39. The first kappa shape index (κ1) is 21.2. The number of rotatable bonds is 5. The fraction of sp³-hybridized carbons (Fsp3) is 0.0312. The minimum absolute atomic E-state index is 0.0318. The topological polar surface area (TPSA) is 17.8 Å². The molecule has 1 aliphatic heterocycles. The molecule has 0 amide bonds. The summed E-state index contributed by atoms with van der Waals surface area (Å²) in [6.45, 7) is 10.4. The van der Waals surface area contributed by atoms with E-state index < -0.39 is 0 Å². The van der Waals surface area contributed by atoms with Crippen LogP contribution in [-0.2, 0) is 0 Å². The number of para-hydroxylation sites is 2. The average molecular weight is 448 g/mol. The molecule has 0 saturated carbocycles. The maximum Gasteiger partial charge on any atom is 0.266 e. The number of aromatic nitrogens is 2. The van der Waals surface area contributed by atoms with Gasteiger partial charge in [0.2, 0.25) is 0 Å². The van der Waals surface area contributed by atoms with Crippen LogP contribution in [0.3, 0.4) is 0 Å². The van der Waals surface area contributed by atoms with E-state index in [2.05, 4.69) is 116 Å². The zero-order valence-electron chi connectivity index (χ0n) is 19.8. The van der Waals surface area contributed by atoms with Gasteiger partial charge in [-0.1, -0.05) is 97.5 Å². The second-order valence-electron chi connectivity index (χ2n) is 8.92. The van der Waals surface area contributed by atoms with Crippen LogP contribution in [0.1, 0.15) is 11.1 Å².